The maximum atomic E-state index is 6.06. The first-order valence-electron chi connectivity index (χ1n) is 9.85. The average Bonchev–Trinajstić information content (AvgIpc) is 3.10. The number of aliphatic imine (C=N–C) groups is 1. The summed E-state index contributed by atoms with van der Waals surface area (Å²) in [7, 11) is 1.94. The zero-order valence-corrected chi connectivity index (χ0v) is 19.1. The molecule has 2 aromatic heterocycles. The second-order valence-corrected chi connectivity index (χ2v) is 6.88. The number of halogens is 1. The second-order valence-electron chi connectivity index (χ2n) is 6.88. The van der Waals surface area contributed by atoms with Gasteiger partial charge in [-0.1, -0.05) is 6.42 Å². The summed E-state index contributed by atoms with van der Waals surface area (Å²) in [5, 5.41) is 10.8. The van der Waals surface area contributed by atoms with Gasteiger partial charge in [0.05, 0.1) is 18.8 Å². The molecule has 0 aromatic carbocycles. The van der Waals surface area contributed by atoms with Crippen LogP contribution in [0.2, 0.25) is 0 Å². The Labute approximate surface area is 184 Å². The number of guanidine groups is 1. The van der Waals surface area contributed by atoms with Gasteiger partial charge in [0, 0.05) is 32.1 Å². The molecule has 0 unspecified atom stereocenters. The van der Waals surface area contributed by atoms with E-state index in [0.29, 0.717) is 25.1 Å². The fraction of sp³-hybridized carbons (Fsp3) is 0.550. The first kappa shape index (κ1) is 22.4. The summed E-state index contributed by atoms with van der Waals surface area (Å²) in [5.74, 6) is 1.49. The third kappa shape index (κ3) is 6.96. The lowest BCUT2D eigenvalue weighted by Crippen LogP contribution is -2.37. The number of nitrogens with one attached hydrogen (secondary N) is 2. The SMILES string of the molecule is CCNC(=NCc1ccnc(OC2CCCCC2)c1)NCc1ccnn1C.I. The normalized spacial score (nSPS) is 15.0. The predicted molar refractivity (Wildman–Crippen MR) is 122 cm³/mol. The number of rotatable bonds is 7. The molecule has 3 rings (SSSR count). The van der Waals surface area contributed by atoms with Gasteiger partial charge in [-0.2, -0.15) is 5.10 Å². The van der Waals surface area contributed by atoms with Crippen LogP contribution in [0.1, 0.15) is 50.3 Å². The van der Waals surface area contributed by atoms with E-state index >= 15 is 0 Å². The summed E-state index contributed by atoms with van der Waals surface area (Å²) in [6.07, 6.45) is 10.00. The van der Waals surface area contributed by atoms with Crippen molar-refractivity contribution in [3.8, 4) is 5.88 Å². The number of ether oxygens (including phenoxy) is 1. The molecule has 8 heteroatoms. The van der Waals surface area contributed by atoms with Crippen LogP contribution in [-0.4, -0.2) is 33.4 Å². The van der Waals surface area contributed by atoms with Gasteiger partial charge in [-0.05, 0) is 50.3 Å². The highest BCUT2D eigenvalue weighted by Gasteiger charge is 2.15. The highest BCUT2D eigenvalue weighted by atomic mass is 127. The smallest absolute Gasteiger partial charge is 0.213 e. The number of hydrogen-bond acceptors (Lipinski definition) is 4. The van der Waals surface area contributed by atoms with Crippen LogP contribution in [0.25, 0.3) is 0 Å². The fourth-order valence-corrected chi connectivity index (χ4v) is 3.23. The predicted octanol–water partition coefficient (Wildman–Crippen LogP) is 3.40. The van der Waals surface area contributed by atoms with Crippen molar-refractivity contribution in [1.82, 2.24) is 25.4 Å². The molecule has 28 heavy (non-hydrogen) atoms. The molecule has 154 valence electrons. The number of pyridine rings is 1. The Morgan fingerprint density at radius 3 is 2.75 bits per heavy atom. The first-order chi connectivity index (χ1) is 13.2. The lowest BCUT2D eigenvalue weighted by Gasteiger charge is -2.22. The monoisotopic (exact) mass is 498 g/mol. The van der Waals surface area contributed by atoms with Crippen LogP contribution in [-0.2, 0) is 20.1 Å². The summed E-state index contributed by atoms with van der Waals surface area (Å²) < 4.78 is 7.91. The molecule has 0 atom stereocenters. The van der Waals surface area contributed by atoms with Gasteiger partial charge in [-0.3, -0.25) is 4.68 Å². The molecule has 7 nitrogen and oxygen atoms in total. The van der Waals surface area contributed by atoms with Crippen molar-refractivity contribution in [3.63, 3.8) is 0 Å². The molecule has 0 saturated heterocycles. The van der Waals surface area contributed by atoms with Crippen LogP contribution in [0.15, 0.2) is 35.6 Å². The Hall–Kier alpha value is -1.84. The van der Waals surface area contributed by atoms with E-state index in [0.717, 1.165) is 36.6 Å². The molecule has 2 aromatic rings. The molecule has 1 saturated carbocycles. The maximum Gasteiger partial charge on any atom is 0.213 e. The van der Waals surface area contributed by atoms with Crippen molar-refractivity contribution in [1.29, 1.82) is 0 Å². The van der Waals surface area contributed by atoms with Gasteiger partial charge in [0.1, 0.15) is 6.10 Å². The van der Waals surface area contributed by atoms with Crippen molar-refractivity contribution < 1.29 is 4.74 Å². The van der Waals surface area contributed by atoms with Gasteiger partial charge in [-0.15, -0.1) is 24.0 Å². The van der Waals surface area contributed by atoms with Crippen molar-refractivity contribution in [2.24, 2.45) is 12.0 Å². The van der Waals surface area contributed by atoms with Gasteiger partial charge in [0.25, 0.3) is 0 Å². The zero-order valence-electron chi connectivity index (χ0n) is 16.7. The molecule has 0 radical (unpaired) electrons. The van der Waals surface area contributed by atoms with Gasteiger partial charge >= 0.3 is 0 Å². The van der Waals surface area contributed by atoms with E-state index in [2.05, 4.69) is 32.6 Å². The minimum atomic E-state index is 0. The Morgan fingerprint density at radius 1 is 1.21 bits per heavy atom. The number of aromatic nitrogens is 3. The molecule has 2 N–H and O–H groups in total. The van der Waals surface area contributed by atoms with Gasteiger partial charge in [0.2, 0.25) is 5.88 Å². The van der Waals surface area contributed by atoms with Crippen molar-refractivity contribution in [3.05, 3.63) is 41.9 Å². The Morgan fingerprint density at radius 2 is 2.04 bits per heavy atom. The van der Waals surface area contributed by atoms with E-state index < -0.39 is 0 Å². The maximum absolute atomic E-state index is 6.06. The minimum absolute atomic E-state index is 0. The van der Waals surface area contributed by atoms with E-state index in [1.807, 2.05) is 29.9 Å². The largest absolute Gasteiger partial charge is 0.474 e. The van der Waals surface area contributed by atoms with Gasteiger partial charge in [0.15, 0.2) is 5.96 Å². The summed E-state index contributed by atoms with van der Waals surface area (Å²) in [6, 6.07) is 5.99. The standard InChI is InChI=1S/C20H30N6O.HI/c1-3-21-20(24-15-17-10-12-25-26(17)2)23-14-16-9-11-22-19(13-16)27-18-7-5-4-6-8-18;/h9-13,18H,3-8,14-15H2,1-2H3,(H2,21,23,24);1H. The molecule has 2 heterocycles. The molecule has 1 fully saturated rings. The Kier molecular flexibility index (Phi) is 9.52. The van der Waals surface area contributed by atoms with Crippen molar-refractivity contribution in [2.75, 3.05) is 6.54 Å². The fourth-order valence-electron chi connectivity index (χ4n) is 3.23. The Bertz CT molecular complexity index is 742. The van der Waals surface area contributed by atoms with E-state index in [9.17, 15) is 0 Å². The van der Waals surface area contributed by atoms with Gasteiger partial charge in [-0.25, -0.2) is 9.98 Å². The molecular weight excluding hydrogens is 467 g/mol. The summed E-state index contributed by atoms with van der Waals surface area (Å²) in [5.41, 5.74) is 2.20. The molecule has 1 aliphatic rings. The minimum Gasteiger partial charge on any atom is -0.474 e. The molecule has 0 spiro atoms. The average molecular weight is 498 g/mol. The van der Waals surface area contributed by atoms with E-state index in [4.69, 9.17) is 4.74 Å². The second kappa shape index (κ2) is 11.9. The van der Waals surface area contributed by atoms with Crippen LogP contribution >= 0.6 is 24.0 Å². The topological polar surface area (TPSA) is 76.4 Å². The van der Waals surface area contributed by atoms with E-state index in [1.165, 1.54) is 19.3 Å². The lowest BCUT2D eigenvalue weighted by atomic mass is 9.98. The molecule has 0 bridgehead atoms. The number of aryl methyl sites for hydroxylation is 1. The molecular formula is C20H31IN6O. The molecule has 0 aliphatic heterocycles. The van der Waals surface area contributed by atoms with E-state index in [-0.39, 0.29) is 24.0 Å². The van der Waals surface area contributed by atoms with Crippen molar-refractivity contribution >= 4 is 29.9 Å². The summed E-state index contributed by atoms with van der Waals surface area (Å²) >= 11 is 0. The molecule has 1 aliphatic carbocycles. The van der Waals surface area contributed by atoms with Gasteiger partial charge < -0.3 is 15.4 Å². The highest BCUT2D eigenvalue weighted by Crippen LogP contribution is 2.22. The number of nitrogens with zero attached hydrogens (tertiary/aromatic N) is 4. The van der Waals surface area contributed by atoms with Crippen LogP contribution in [0.5, 0.6) is 5.88 Å². The third-order valence-electron chi connectivity index (χ3n) is 4.76. The van der Waals surface area contributed by atoms with Crippen LogP contribution in [0.3, 0.4) is 0 Å². The Balaban J connectivity index is 0.00000280. The summed E-state index contributed by atoms with van der Waals surface area (Å²) in [6.45, 7) is 4.12. The molecule has 0 amide bonds. The summed E-state index contributed by atoms with van der Waals surface area (Å²) in [4.78, 5) is 9.05. The van der Waals surface area contributed by atoms with Crippen molar-refractivity contribution in [2.45, 2.75) is 58.2 Å². The zero-order chi connectivity index (χ0) is 18.9. The quantitative estimate of drug-likeness (QED) is 0.348. The first-order valence-corrected chi connectivity index (χ1v) is 9.85. The third-order valence-corrected chi connectivity index (χ3v) is 4.76. The van der Waals surface area contributed by atoms with E-state index in [1.54, 1.807) is 12.4 Å². The van der Waals surface area contributed by atoms with Crippen LogP contribution < -0.4 is 15.4 Å². The van der Waals surface area contributed by atoms with Crippen LogP contribution in [0, 0.1) is 0 Å². The highest BCUT2D eigenvalue weighted by molar-refractivity contribution is 14.0. The lowest BCUT2D eigenvalue weighted by molar-refractivity contribution is 0.148. The van der Waals surface area contributed by atoms with Crippen LogP contribution in [0.4, 0.5) is 0 Å². The number of hydrogen-bond donors (Lipinski definition) is 2.